The molecule has 0 unspecified atom stereocenters. The van der Waals surface area contributed by atoms with Crippen LogP contribution in [0.2, 0.25) is 0 Å². The van der Waals surface area contributed by atoms with E-state index in [2.05, 4.69) is 15.0 Å². The zero-order chi connectivity index (χ0) is 21.7. The van der Waals surface area contributed by atoms with Crippen molar-refractivity contribution in [1.82, 2.24) is 10.3 Å². The number of aromatic nitrogens is 1. The van der Waals surface area contributed by atoms with Crippen molar-refractivity contribution >= 4 is 5.91 Å². The normalized spacial score (nSPS) is 12.1. The second-order valence-electron chi connectivity index (χ2n) is 6.42. The zero-order valence-electron chi connectivity index (χ0n) is 15.9. The van der Waals surface area contributed by atoms with Crippen molar-refractivity contribution in [1.29, 1.82) is 0 Å². The van der Waals surface area contributed by atoms with Crippen LogP contribution in [0.25, 0.3) is 11.3 Å². The first-order valence-corrected chi connectivity index (χ1v) is 9.07. The molecule has 1 N–H and O–H groups in total. The molecule has 0 radical (unpaired) electrons. The number of nitrogens with zero attached hydrogens (tertiary/aromatic N) is 1. The number of aryl methyl sites for hydroxylation is 1. The third-order valence-electron chi connectivity index (χ3n) is 4.31. The Morgan fingerprint density at radius 1 is 1.13 bits per heavy atom. The number of benzene rings is 2. The molecule has 3 rings (SSSR count). The van der Waals surface area contributed by atoms with Gasteiger partial charge in [0, 0.05) is 18.4 Å². The minimum atomic E-state index is -2.98. The second kappa shape index (κ2) is 9.43. The fourth-order valence-electron chi connectivity index (χ4n) is 2.93. The molecule has 1 atom stereocenters. The molecule has 158 valence electrons. The predicted molar refractivity (Wildman–Crippen MR) is 99.8 cm³/mol. The highest BCUT2D eigenvalue weighted by molar-refractivity contribution is 5.76. The van der Waals surface area contributed by atoms with E-state index >= 15 is 0 Å². The fraction of sp³-hybridized carbons (Fsp3) is 0.238. The molecule has 5 nitrogen and oxygen atoms in total. The molecule has 1 heterocycles. The maximum atomic E-state index is 13.8. The highest BCUT2D eigenvalue weighted by atomic mass is 19.3. The number of para-hydroxylation sites is 1. The van der Waals surface area contributed by atoms with E-state index in [1.54, 1.807) is 25.1 Å². The van der Waals surface area contributed by atoms with Crippen LogP contribution in [0.1, 0.15) is 30.8 Å². The smallest absolute Gasteiger partial charge is 0.387 e. The molecule has 2 aromatic carbocycles. The van der Waals surface area contributed by atoms with E-state index in [1.165, 1.54) is 18.3 Å². The van der Waals surface area contributed by atoms with Gasteiger partial charge in [-0.25, -0.2) is 13.8 Å². The monoisotopic (exact) mass is 422 g/mol. The highest BCUT2D eigenvalue weighted by Gasteiger charge is 2.18. The van der Waals surface area contributed by atoms with Gasteiger partial charge in [0.1, 0.15) is 17.4 Å². The molecule has 0 aliphatic carbocycles. The van der Waals surface area contributed by atoms with Crippen LogP contribution in [0.5, 0.6) is 5.75 Å². The Hall–Kier alpha value is -3.36. The number of ether oxygens (including phenoxy) is 1. The quantitative estimate of drug-likeness (QED) is 0.517. The molecule has 0 saturated heterocycles. The Balaban J connectivity index is 1.60. The first-order valence-electron chi connectivity index (χ1n) is 9.07. The molecule has 1 amide bonds. The maximum Gasteiger partial charge on any atom is 0.387 e. The van der Waals surface area contributed by atoms with Crippen LogP contribution in [-0.2, 0) is 11.2 Å². The third kappa shape index (κ3) is 5.16. The van der Waals surface area contributed by atoms with Crippen LogP contribution < -0.4 is 10.1 Å². The highest BCUT2D eigenvalue weighted by Crippen LogP contribution is 2.28. The van der Waals surface area contributed by atoms with Crippen molar-refractivity contribution in [2.45, 2.75) is 32.4 Å². The molecule has 30 heavy (non-hydrogen) atoms. The number of hydrogen-bond acceptors (Lipinski definition) is 4. The van der Waals surface area contributed by atoms with Crippen LogP contribution in [0.3, 0.4) is 0 Å². The average Bonchev–Trinajstić information content (AvgIpc) is 3.14. The van der Waals surface area contributed by atoms with Crippen molar-refractivity contribution in [2.24, 2.45) is 0 Å². The van der Waals surface area contributed by atoms with Crippen LogP contribution in [-0.4, -0.2) is 17.5 Å². The SMILES string of the molecule is C[C@@H](NC(=O)CCc1ncc(-c2c(F)cccc2F)o1)c1ccccc1OC(F)F. The number of oxazole rings is 1. The molecule has 1 aromatic heterocycles. The lowest BCUT2D eigenvalue weighted by atomic mass is 10.1. The van der Waals surface area contributed by atoms with E-state index < -0.39 is 24.3 Å². The van der Waals surface area contributed by atoms with Gasteiger partial charge in [-0.15, -0.1) is 0 Å². The van der Waals surface area contributed by atoms with Crippen LogP contribution >= 0.6 is 0 Å². The van der Waals surface area contributed by atoms with Crippen molar-refractivity contribution in [3.63, 3.8) is 0 Å². The Morgan fingerprint density at radius 3 is 2.53 bits per heavy atom. The molecule has 9 heteroatoms. The molecule has 0 fully saturated rings. The van der Waals surface area contributed by atoms with E-state index in [4.69, 9.17) is 4.42 Å². The van der Waals surface area contributed by atoms with Crippen molar-refractivity contribution < 1.29 is 31.5 Å². The molecular formula is C21H18F4N2O3. The number of carbonyl (C=O) groups is 1. The second-order valence-corrected chi connectivity index (χ2v) is 6.42. The molecular weight excluding hydrogens is 404 g/mol. The number of amides is 1. The summed E-state index contributed by atoms with van der Waals surface area (Å²) in [4.78, 5) is 16.2. The summed E-state index contributed by atoms with van der Waals surface area (Å²) in [5.41, 5.74) is 0.0737. The Kier molecular flexibility index (Phi) is 6.71. The summed E-state index contributed by atoms with van der Waals surface area (Å²) in [6.07, 6.45) is 1.25. The van der Waals surface area contributed by atoms with Gasteiger partial charge in [-0.3, -0.25) is 4.79 Å². The van der Waals surface area contributed by atoms with Crippen LogP contribution in [0.4, 0.5) is 17.6 Å². The van der Waals surface area contributed by atoms with E-state index in [1.807, 2.05) is 0 Å². The number of alkyl halides is 2. The summed E-state index contributed by atoms with van der Waals surface area (Å²) in [6.45, 7) is -1.34. The lowest BCUT2D eigenvalue weighted by Gasteiger charge is -2.18. The van der Waals surface area contributed by atoms with Gasteiger partial charge in [-0.1, -0.05) is 24.3 Å². The van der Waals surface area contributed by atoms with E-state index in [0.717, 1.165) is 12.1 Å². The Bertz CT molecular complexity index is 1000. The Labute approximate surface area is 169 Å². The van der Waals surface area contributed by atoms with Gasteiger partial charge < -0.3 is 14.5 Å². The van der Waals surface area contributed by atoms with Crippen LogP contribution in [0, 0.1) is 11.6 Å². The van der Waals surface area contributed by atoms with Gasteiger partial charge in [0.05, 0.1) is 17.8 Å². The summed E-state index contributed by atoms with van der Waals surface area (Å²) in [5.74, 6) is -1.91. The lowest BCUT2D eigenvalue weighted by molar-refractivity contribution is -0.121. The summed E-state index contributed by atoms with van der Waals surface area (Å²) >= 11 is 0. The van der Waals surface area contributed by atoms with E-state index in [9.17, 15) is 22.4 Å². The number of nitrogens with one attached hydrogen (secondary N) is 1. The first kappa shape index (κ1) is 21.4. The molecule has 0 spiro atoms. The molecule has 0 saturated carbocycles. The minimum absolute atomic E-state index is 0.0236. The van der Waals surface area contributed by atoms with E-state index in [-0.39, 0.29) is 41.7 Å². The molecule has 0 aliphatic heterocycles. The van der Waals surface area contributed by atoms with Crippen molar-refractivity contribution in [3.8, 4) is 17.1 Å². The first-order chi connectivity index (χ1) is 14.3. The summed E-state index contributed by atoms with van der Waals surface area (Å²) in [5, 5.41) is 2.68. The van der Waals surface area contributed by atoms with Gasteiger partial charge in [0.2, 0.25) is 5.91 Å². The topological polar surface area (TPSA) is 64.4 Å². The van der Waals surface area contributed by atoms with Gasteiger partial charge in [0.15, 0.2) is 11.7 Å². The van der Waals surface area contributed by atoms with Gasteiger partial charge >= 0.3 is 6.61 Å². The number of carbonyl (C=O) groups excluding carboxylic acids is 1. The minimum Gasteiger partial charge on any atom is -0.441 e. The van der Waals surface area contributed by atoms with Crippen LogP contribution in [0.15, 0.2) is 53.1 Å². The van der Waals surface area contributed by atoms with Gasteiger partial charge in [0.25, 0.3) is 0 Å². The van der Waals surface area contributed by atoms with E-state index in [0.29, 0.717) is 5.56 Å². The largest absolute Gasteiger partial charge is 0.441 e. The molecule has 0 aliphatic rings. The number of rotatable bonds is 8. The standard InChI is InChI=1S/C21H18F4N2O3/c1-12(13-5-2-3-8-16(13)30-21(24)25)27-18(28)9-10-19-26-11-17(29-19)20-14(22)6-4-7-15(20)23/h2-8,11-12,21H,9-10H2,1H3,(H,27,28)/t12-/m1/s1. The molecule has 3 aromatic rings. The fourth-order valence-corrected chi connectivity index (χ4v) is 2.93. The Morgan fingerprint density at radius 2 is 1.83 bits per heavy atom. The number of hydrogen-bond donors (Lipinski definition) is 1. The lowest BCUT2D eigenvalue weighted by Crippen LogP contribution is -2.27. The average molecular weight is 422 g/mol. The van der Waals surface area contributed by atoms with Crippen molar-refractivity contribution in [3.05, 3.63) is 71.8 Å². The summed E-state index contributed by atoms with van der Waals surface area (Å²) < 4.78 is 62.6. The third-order valence-corrected chi connectivity index (χ3v) is 4.31. The van der Waals surface area contributed by atoms with Gasteiger partial charge in [-0.2, -0.15) is 8.78 Å². The zero-order valence-corrected chi connectivity index (χ0v) is 15.9. The van der Waals surface area contributed by atoms with Crippen molar-refractivity contribution in [2.75, 3.05) is 0 Å². The molecule has 0 bridgehead atoms. The summed E-state index contributed by atoms with van der Waals surface area (Å²) in [6, 6.07) is 9.02. The number of halogens is 4. The predicted octanol–water partition coefficient (Wildman–Crippen LogP) is 5.03. The summed E-state index contributed by atoms with van der Waals surface area (Å²) in [7, 11) is 0. The van der Waals surface area contributed by atoms with Gasteiger partial charge in [-0.05, 0) is 25.1 Å². The maximum absolute atomic E-state index is 13.8.